The lowest BCUT2D eigenvalue weighted by molar-refractivity contribution is -0.115. The van der Waals surface area contributed by atoms with E-state index in [2.05, 4.69) is 25.9 Å². The molecule has 3 N–H and O–H groups in total. The highest BCUT2D eigenvalue weighted by Gasteiger charge is 2.25. The van der Waals surface area contributed by atoms with E-state index in [1.165, 1.54) is 12.8 Å². The summed E-state index contributed by atoms with van der Waals surface area (Å²) in [6, 6.07) is 2.14. The summed E-state index contributed by atoms with van der Waals surface area (Å²) in [5.41, 5.74) is 0.599. The molecule has 116 valence electrons. The molecule has 0 radical (unpaired) electrons. The Morgan fingerprint density at radius 3 is 3.05 bits per heavy atom. The van der Waals surface area contributed by atoms with Crippen LogP contribution in [0.5, 0.6) is 0 Å². The van der Waals surface area contributed by atoms with Gasteiger partial charge >= 0.3 is 0 Å². The molecule has 1 atom stereocenters. The Morgan fingerprint density at radius 1 is 1.41 bits per heavy atom. The number of nitrogens with one attached hydrogen (secondary N) is 3. The van der Waals surface area contributed by atoms with Crippen LogP contribution < -0.4 is 16.0 Å². The molecule has 0 saturated carbocycles. The third-order valence-corrected chi connectivity index (χ3v) is 4.33. The number of thioether (sulfide) groups is 1. The average molecular weight is 319 g/mol. The van der Waals surface area contributed by atoms with Gasteiger partial charge in [-0.2, -0.15) is 0 Å². The predicted molar refractivity (Wildman–Crippen MR) is 85.3 cm³/mol. The third-order valence-electron chi connectivity index (χ3n) is 3.52. The van der Waals surface area contributed by atoms with E-state index < -0.39 is 0 Å². The summed E-state index contributed by atoms with van der Waals surface area (Å²) in [4.78, 5) is 31.5. The van der Waals surface area contributed by atoms with Crippen molar-refractivity contribution in [3.05, 3.63) is 22.9 Å². The second kappa shape index (κ2) is 6.89. The van der Waals surface area contributed by atoms with E-state index in [0.29, 0.717) is 22.6 Å². The van der Waals surface area contributed by atoms with Crippen LogP contribution in [0, 0.1) is 0 Å². The number of rotatable bonds is 4. The summed E-state index contributed by atoms with van der Waals surface area (Å²) in [7, 11) is 0. The summed E-state index contributed by atoms with van der Waals surface area (Å²) in [6.07, 6.45) is 6.85. The molecule has 1 aromatic heterocycles. The van der Waals surface area contributed by atoms with E-state index in [9.17, 15) is 9.59 Å². The van der Waals surface area contributed by atoms with Gasteiger partial charge in [0.1, 0.15) is 0 Å². The lowest BCUT2D eigenvalue weighted by atomic mass is 10.1. The molecule has 8 heteroatoms. The lowest BCUT2D eigenvalue weighted by Crippen LogP contribution is -2.39. The smallest absolute Gasteiger partial charge is 0.290 e. The quantitative estimate of drug-likeness (QED) is 0.721. The van der Waals surface area contributed by atoms with Gasteiger partial charge in [0.05, 0.1) is 10.6 Å². The molecule has 0 spiro atoms. The van der Waals surface area contributed by atoms with E-state index in [-0.39, 0.29) is 11.1 Å². The Kier molecular flexibility index (Phi) is 4.69. The Morgan fingerprint density at radius 2 is 2.32 bits per heavy atom. The molecular weight excluding hydrogens is 302 g/mol. The zero-order chi connectivity index (χ0) is 15.4. The largest absolute Gasteiger partial charge is 0.353 e. The maximum atomic E-state index is 11.5. The van der Waals surface area contributed by atoms with Gasteiger partial charge in [-0.05, 0) is 43.3 Å². The fourth-order valence-corrected chi connectivity index (χ4v) is 3.07. The summed E-state index contributed by atoms with van der Waals surface area (Å²) in [6.45, 7) is 1.83. The van der Waals surface area contributed by atoms with Gasteiger partial charge < -0.3 is 10.6 Å². The van der Waals surface area contributed by atoms with E-state index in [4.69, 9.17) is 0 Å². The number of carbonyl (C=O) groups is 2. The number of piperidine rings is 1. The van der Waals surface area contributed by atoms with Crippen molar-refractivity contribution < 1.29 is 9.59 Å². The number of hydrogen-bond donors (Lipinski definition) is 3. The van der Waals surface area contributed by atoms with Gasteiger partial charge in [-0.15, -0.1) is 0 Å². The minimum atomic E-state index is -0.380. The van der Waals surface area contributed by atoms with Crippen LogP contribution in [-0.2, 0) is 4.79 Å². The van der Waals surface area contributed by atoms with Crippen LogP contribution >= 0.6 is 11.8 Å². The normalized spacial score (nSPS) is 23.6. The summed E-state index contributed by atoms with van der Waals surface area (Å²) < 4.78 is 0. The van der Waals surface area contributed by atoms with Crippen molar-refractivity contribution in [1.82, 2.24) is 20.6 Å². The van der Waals surface area contributed by atoms with Gasteiger partial charge in [-0.1, -0.05) is 6.42 Å². The van der Waals surface area contributed by atoms with Crippen LogP contribution in [0.15, 0.2) is 17.2 Å². The maximum absolute atomic E-state index is 11.5. The standard InChI is InChI=1S/C14H17N5O2S/c20-12-11(22-14(21)19-12)7-9-4-6-16-13(18-9)17-8-10-3-1-2-5-15-10/h4,6-7,10,15H,1-3,5,8H2,(H,16,17,18)(H,19,20,21). The topological polar surface area (TPSA) is 96.0 Å². The van der Waals surface area contributed by atoms with Crippen molar-refractivity contribution in [3.8, 4) is 0 Å². The van der Waals surface area contributed by atoms with E-state index in [0.717, 1.165) is 31.3 Å². The van der Waals surface area contributed by atoms with Crippen LogP contribution in [0.4, 0.5) is 10.7 Å². The van der Waals surface area contributed by atoms with Crippen LogP contribution in [0.3, 0.4) is 0 Å². The average Bonchev–Trinajstić information content (AvgIpc) is 2.84. The fraction of sp³-hybridized carbons (Fsp3) is 0.429. The molecule has 3 rings (SSSR count). The molecule has 2 saturated heterocycles. The summed E-state index contributed by atoms with van der Waals surface area (Å²) >= 11 is 0.881. The molecule has 1 unspecified atom stereocenters. The Bertz CT molecular complexity index is 613. The molecule has 2 fully saturated rings. The van der Waals surface area contributed by atoms with E-state index in [1.54, 1.807) is 18.3 Å². The predicted octanol–water partition coefficient (Wildman–Crippen LogP) is 1.35. The Balaban J connectivity index is 1.63. The number of imide groups is 1. The molecule has 0 bridgehead atoms. The van der Waals surface area contributed by atoms with Crippen LogP contribution in [0.2, 0.25) is 0 Å². The highest BCUT2D eigenvalue weighted by Crippen LogP contribution is 2.25. The van der Waals surface area contributed by atoms with Crippen molar-refractivity contribution in [1.29, 1.82) is 0 Å². The zero-order valence-corrected chi connectivity index (χ0v) is 12.8. The molecule has 3 heterocycles. The molecule has 2 aliphatic heterocycles. The van der Waals surface area contributed by atoms with Crippen molar-refractivity contribution in [3.63, 3.8) is 0 Å². The molecule has 1 aromatic rings. The lowest BCUT2D eigenvalue weighted by Gasteiger charge is -2.23. The third kappa shape index (κ3) is 3.83. The fourth-order valence-electron chi connectivity index (χ4n) is 2.41. The van der Waals surface area contributed by atoms with Crippen LogP contribution in [0.1, 0.15) is 25.0 Å². The van der Waals surface area contributed by atoms with Crippen LogP contribution in [0.25, 0.3) is 6.08 Å². The molecule has 2 amide bonds. The van der Waals surface area contributed by atoms with Gasteiger partial charge in [-0.3, -0.25) is 14.9 Å². The van der Waals surface area contributed by atoms with Crippen molar-refractivity contribution in [2.75, 3.05) is 18.4 Å². The number of anilines is 1. The van der Waals surface area contributed by atoms with Gasteiger partial charge in [-0.25, -0.2) is 9.97 Å². The molecular formula is C14H17N5O2S. The van der Waals surface area contributed by atoms with Crippen molar-refractivity contribution in [2.45, 2.75) is 25.3 Å². The van der Waals surface area contributed by atoms with Crippen molar-refractivity contribution in [2.24, 2.45) is 0 Å². The second-order valence-corrected chi connectivity index (χ2v) is 6.20. The van der Waals surface area contributed by atoms with E-state index >= 15 is 0 Å². The molecule has 7 nitrogen and oxygen atoms in total. The first kappa shape index (κ1) is 15.0. The Hall–Kier alpha value is -1.93. The molecule has 22 heavy (non-hydrogen) atoms. The first-order valence-corrected chi connectivity index (χ1v) is 8.07. The molecule has 0 aromatic carbocycles. The minimum absolute atomic E-state index is 0.351. The second-order valence-electron chi connectivity index (χ2n) is 5.19. The highest BCUT2D eigenvalue weighted by atomic mass is 32.2. The maximum Gasteiger partial charge on any atom is 0.290 e. The number of amides is 2. The highest BCUT2D eigenvalue weighted by molar-refractivity contribution is 8.18. The minimum Gasteiger partial charge on any atom is -0.353 e. The Labute approximate surface area is 132 Å². The van der Waals surface area contributed by atoms with Crippen molar-refractivity contribution >= 4 is 34.9 Å². The first-order valence-electron chi connectivity index (χ1n) is 7.26. The number of nitrogens with zero attached hydrogens (tertiary/aromatic N) is 2. The number of aromatic nitrogens is 2. The monoisotopic (exact) mass is 319 g/mol. The molecule has 0 aliphatic carbocycles. The first-order chi connectivity index (χ1) is 10.7. The van der Waals surface area contributed by atoms with E-state index in [1.807, 2.05) is 0 Å². The summed E-state index contributed by atoms with van der Waals surface area (Å²) in [5, 5.41) is 8.53. The van der Waals surface area contributed by atoms with Gasteiger partial charge in [0.15, 0.2) is 0 Å². The zero-order valence-electron chi connectivity index (χ0n) is 12.0. The SMILES string of the molecule is O=C1NC(=O)C(=Cc2ccnc(NCC3CCCCN3)n2)S1. The molecule has 2 aliphatic rings. The van der Waals surface area contributed by atoms with Gasteiger partial charge in [0, 0.05) is 18.8 Å². The van der Waals surface area contributed by atoms with Gasteiger partial charge in [0.2, 0.25) is 5.95 Å². The van der Waals surface area contributed by atoms with Crippen LogP contribution in [-0.4, -0.2) is 40.2 Å². The number of carbonyl (C=O) groups excluding carboxylic acids is 2. The van der Waals surface area contributed by atoms with Gasteiger partial charge in [0.25, 0.3) is 11.1 Å². The number of hydrogen-bond acceptors (Lipinski definition) is 7. The summed E-state index contributed by atoms with van der Waals surface area (Å²) in [5.74, 6) is 0.144.